The zero-order chi connectivity index (χ0) is 25.8. The summed E-state index contributed by atoms with van der Waals surface area (Å²) in [6, 6.07) is 30.7. The highest BCUT2D eigenvalue weighted by atomic mass is 32.2. The van der Waals surface area contributed by atoms with Crippen molar-refractivity contribution in [2.24, 2.45) is 0 Å². The van der Waals surface area contributed by atoms with Crippen molar-refractivity contribution in [2.45, 2.75) is 33.3 Å². The van der Waals surface area contributed by atoms with Crippen molar-refractivity contribution in [2.75, 3.05) is 17.3 Å². The SMILES string of the molecule is CCC(Sc1cccc(NC(=O)c2cccc(OC)c2)c1)C(=O)N1c2ccccc2Sc2ccccc21. The van der Waals surface area contributed by atoms with Gasteiger partial charge in [-0.1, -0.05) is 55.1 Å². The van der Waals surface area contributed by atoms with Gasteiger partial charge in [0, 0.05) is 25.9 Å². The van der Waals surface area contributed by atoms with E-state index < -0.39 is 0 Å². The molecule has 1 atom stereocenters. The molecular formula is C30H26N2O3S2. The van der Waals surface area contributed by atoms with Gasteiger partial charge in [-0.3, -0.25) is 14.5 Å². The molecule has 0 bridgehead atoms. The molecule has 5 nitrogen and oxygen atoms in total. The van der Waals surface area contributed by atoms with E-state index in [1.807, 2.05) is 72.5 Å². The summed E-state index contributed by atoms with van der Waals surface area (Å²) in [7, 11) is 1.57. The fourth-order valence-corrected chi connectivity index (χ4v) is 6.28. The van der Waals surface area contributed by atoms with Crippen LogP contribution in [0.2, 0.25) is 0 Å². The van der Waals surface area contributed by atoms with Crippen molar-refractivity contribution in [3.63, 3.8) is 0 Å². The maximum absolute atomic E-state index is 14.0. The normalized spacial score (nSPS) is 12.8. The van der Waals surface area contributed by atoms with Crippen LogP contribution in [-0.2, 0) is 4.79 Å². The van der Waals surface area contributed by atoms with Crippen molar-refractivity contribution in [3.05, 3.63) is 103 Å². The topological polar surface area (TPSA) is 58.6 Å². The minimum absolute atomic E-state index is 0.0403. The molecule has 0 saturated carbocycles. The number of hydrogen-bond acceptors (Lipinski definition) is 5. The Kier molecular flexibility index (Phi) is 7.53. The first-order valence-electron chi connectivity index (χ1n) is 12.0. The van der Waals surface area contributed by atoms with Crippen LogP contribution in [-0.4, -0.2) is 24.2 Å². The summed E-state index contributed by atoms with van der Waals surface area (Å²) in [5, 5.41) is 2.66. The Morgan fingerprint density at radius 2 is 1.57 bits per heavy atom. The molecule has 0 fully saturated rings. The number of amides is 2. The summed E-state index contributed by atoms with van der Waals surface area (Å²) >= 11 is 3.20. The lowest BCUT2D eigenvalue weighted by Gasteiger charge is -2.33. The zero-order valence-electron chi connectivity index (χ0n) is 20.5. The molecular weight excluding hydrogens is 500 g/mol. The number of hydrogen-bond donors (Lipinski definition) is 1. The fraction of sp³-hybridized carbons (Fsp3) is 0.133. The van der Waals surface area contributed by atoms with Crippen molar-refractivity contribution < 1.29 is 14.3 Å². The maximum Gasteiger partial charge on any atom is 0.255 e. The number of fused-ring (bicyclic) bond motifs is 2. The van der Waals surface area contributed by atoms with E-state index >= 15 is 0 Å². The highest BCUT2D eigenvalue weighted by molar-refractivity contribution is 8.00. The van der Waals surface area contributed by atoms with Gasteiger partial charge >= 0.3 is 0 Å². The summed E-state index contributed by atoms with van der Waals surface area (Å²) < 4.78 is 5.23. The van der Waals surface area contributed by atoms with E-state index in [0.717, 1.165) is 26.1 Å². The lowest BCUT2D eigenvalue weighted by atomic mass is 10.2. The van der Waals surface area contributed by atoms with Gasteiger partial charge in [0.25, 0.3) is 5.91 Å². The third-order valence-electron chi connectivity index (χ3n) is 6.00. The zero-order valence-corrected chi connectivity index (χ0v) is 22.1. The molecule has 1 aliphatic heterocycles. The summed E-state index contributed by atoms with van der Waals surface area (Å²) in [5.74, 6) is 0.447. The van der Waals surface area contributed by atoms with Gasteiger partial charge in [-0.05, 0) is 67.1 Å². The van der Waals surface area contributed by atoms with Gasteiger partial charge in [0.15, 0.2) is 0 Å². The van der Waals surface area contributed by atoms with E-state index in [4.69, 9.17) is 4.74 Å². The fourth-order valence-electron chi connectivity index (χ4n) is 4.17. The Labute approximate surface area is 225 Å². The molecule has 186 valence electrons. The Morgan fingerprint density at radius 1 is 0.892 bits per heavy atom. The van der Waals surface area contributed by atoms with Gasteiger partial charge in [0.05, 0.1) is 23.7 Å². The highest BCUT2D eigenvalue weighted by Gasteiger charge is 2.32. The molecule has 1 aliphatic rings. The van der Waals surface area contributed by atoms with E-state index in [0.29, 0.717) is 23.4 Å². The predicted octanol–water partition coefficient (Wildman–Crippen LogP) is 7.65. The number of nitrogens with one attached hydrogen (secondary N) is 1. The second kappa shape index (κ2) is 11.2. The second-order valence-corrected chi connectivity index (χ2v) is 10.8. The van der Waals surface area contributed by atoms with Gasteiger partial charge < -0.3 is 10.1 Å². The first-order chi connectivity index (χ1) is 18.1. The van der Waals surface area contributed by atoms with E-state index in [1.54, 1.807) is 43.1 Å². The van der Waals surface area contributed by atoms with Crippen LogP contribution >= 0.6 is 23.5 Å². The lowest BCUT2D eigenvalue weighted by molar-refractivity contribution is -0.117. The van der Waals surface area contributed by atoms with Crippen LogP contribution in [0.15, 0.2) is 112 Å². The first kappa shape index (κ1) is 25.0. The van der Waals surface area contributed by atoms with Gasteiger partial charge in [-0.15, -0.1) is 11.8 Å². The molecule has 5 rings (SSSR count). The van der Waals surface area contributed by atoms with E-state index in [-0.39, 0.29) is 17.1 Å². The quantitative estimate of drug-likeness (QED) is 0.251. The van der Waals surface area contributed by atoms with Crippen molar-refractivity contribution in [1.82, 2.24) is 0 Å². The second-order valence-electron chi connectivity index (χ2n) is 8.44. The predicted molar refractivity (Wildman–Crippen MR) is 151 cm³/mol. The molecule has 37 heavy (non-hydrogen) atoms. The molecule has 0 aromatic heterocycles. The van der Waals surface area contributed by atoms with Gasteiger partial charge in [-0.2, -0.15) is 0 Å². The van der Waals surface area contributed by atoms with Crippen LogP contribution in [0.5, 0.6) is 5.75 Å². The maximum atomic E-state index is 14.0. The van der Waals surface area contributed by atoms with E-state index in [2.05, 4.69) is 17.4 Å². The van der Waals surface area contributed by atoms with Gasteiger partial charge in [0.2, 0.25) is 5.91 Å². The molecule has 0 spiro atoms. The summed E-state index contributed by atoms with van der Waals surface area (Å²) in [5.41, 5.74) is 3.01. The molecule has 1 heterocycles. The lowest BCUT2D eigenvalue weighted by Crippen LogP contribution is -2.35. The van der Waals surface area contributed by atoms with Crippen LogP contribution < -0.4 is 15.0 Å². The van der Waals surface area contributed by atoms with Crippen LogP contribution in [0.25, 0.3) is 0 Å². The van der Waals surface area contributed by atoms with Crippen LogP contribution in [0.3, 0.4) is 0 Å². The standard InChI is InChI=1S/C30H26N2O3S2/c1-3-26(30(34)32-24-14-4-6-16-27(24)37-28-17-7-5-15-25(28)32)36-23-13-9-11-21(19-23)31-29(33)20-10-8-12-22(18-20)35-2/h4-19,26H,3H2,1-2H3,(H,31,33). The number of anilines is 3. The van der Waals surface area contributed by atoms with E-state index in [9.17, 15) is 9.59 Å². The summed E-state index contributed by atoms with van der Waals surface area (Å²) in [6.45, 7) is 2.03. The van der Waals surface area contributed by atoms with Crippen molar-refractivity contribution in [3.8, 4) is 5.75 Å². The molecule has 1 unspecified atom stereocenters. The summed E-state index contributed by atoms with van der Waals surface area (Å²) in [6.07, 6.45) is 0.665. The minimum atomic E-state index is -0.298. The third kappa shape index (κ3) is 5.38. The molecule has 4 aromatic rings. The number of benzene rings is 4. The monoisotopic (exact) mass is 526 g/mol. The number of carbonyl (C=O) groups excluding carboxylic acids is 2. The highest BCUT2D eigenvalue weighted by Crippen LogP contribution is 2.48. The largest absolute Gasteiger partial charge is 0.497 e. The molecule has 2 amide bonds. The molecule has 0 aliphatic carbocycles. The van der Waals surface area contributed by atoms with E-state index in [1.165, 1.54) is 11.8 Å². The van der Waals surface area contributed by atoms with Crippen LogP contribution in [0, 0.1) is 0 Å². The summed E-state index contributed by atoms with van der Waals surface area (Å²) in [4.78, 5) is 31.7. The number of rotatable bonds is 7. The van der Waals surface area contributed by atoms with Crippen molar-refractivity contribution >= 4 is 52.4 Å². The number of carbonyl (C=O) groups is 2. The third-order valence-corrected chi connectivity index (χ3v) is 8.48. The Bertz CT molecular complexity index is 1410. The number of nitrogens with zero attached hydrogens (tertiary/aromatic N) is 1. The first-order valence-corrected chi connectivity index (χ1v) is 13.7. The number of thioether (sulfide) groups is 1. The number of para-hydroxylation sites is 2. The molecule has 0 radical (unpaired) electrons. The minimum Gasteiger partial charge on any atom is -0.497 e. The average molecular weight is 527 g/mol. The smallest absolute Gasteiger partial charge is 0.255 e. The van der Waals surface area contributed by atoms with Gasteiger partial charge in [-0.25, -0.2) is 0 Å². The molecule has 1 N–H and O–H groups in total. The Morgan fingerprint density at radius 3 is 2.24 bits per heavy atom. The Hall–Kier alpha value is -3.68. The van der Waals surface area contributed by atoms with Gasteiger partial charge in [0.1, 0.15) is 5.75 Å². The number of ether oxygens (including phenoxy) is 1. The molecule has 0 saturated heterocycles. The molecule has 4 aromatic carbocycles. The average Bonchev–Trinajstić information content (AvgIpc) is 2.94. The van der Waals surface area contributed by atoms with Crippen LogP contribution in [0.1, 0.15) is 23.7 Å². The Balaban J connectivity index is 1.37. The number of methoxy groups -OCH3 is 1. The van der Waals surface area contributed by atoms with Crippen LogP contribution in [0.4, 0.5) is 17.1 Å². The van der Waals surface area contributed by atoms with Crippen molar-refractivity contribution in [1.29, 1.82) is 0 Å². The molecule has 7 heteroatoms.